The number of carbonyl (C=O) groups is 2. The molecule has 0 aliphatic carbocycles. The van der Waals surface area contributed by atoms with Crippen LogP contribution < -0.4 is 10.6 Å². The fourth-order valence-corrected chi connectivity index (χ4v) is 2.65. The van der Waals surface area contributed by atoms with Gasteiger partial charge in [0, 0.05) is 12.6 Å². The normalized spacial score (nSPS) is 18.3. The van der Waals surface area contributed by atoms with Crippen LogP contribution >= 0.6 is 0 Å². The van der Waals surface area contributed by atoms with Crippen LogP contribution in [-0.4, -0.2) is 27.4 Å². The smallest absolute Gasteiger partial charge is 0.272 e. The molecule has 114 valence electrons. The molecule has 6 heteroatoms. The lowest BCUT2D eigenvalue weighted by Crippen LogP contribution is -2.43. The second-order valence-electron chi connectivity index (χ2n) is 5.57. The molecule has 1 aliphatic heterocycles. The van der Waals surface area contributed by atoms with E-state index < -0.39 is 0 Å². The first-order valence-electron chi connectivity index (χ1n) is 7.28. The van der Waals surface area contributed by atoms with E-state index in [1.165, 1.54) is 0 Å². The summed E-state index contributed by atoms with van der Waals surface area (Å²) in [5, 5.41) is 5.71. The number of hydrogen-bond donors (Lipinski definition) is 2. The first-order chi connectivity index (χ1) is 10.6. The summed E-state index contributed by atoms with van der Waals surface area (Å²) in [6, 6.07) is 9.54. The zero-order valence-electron chi connectivity index (χ0n) is 12.5. The third-order valence-electron chi connectivity index (χ3n) is 3.76. The third-order valence-corrected chi connectivity index (χ3v) is 3.76. The van der Waals surface area contributed by atoms with E-state index in [1.807, 2.05) is 44.2 Å². The summed E-state index contributed by atoms with van der Waals surface area (Å²) in [5.74, 6) is -0.594. The molecule has 1 aromatic carbocycles. The Labute approximate surface area is 128 Å². The zero-order valence-corrected chi connectivity index (χ0v) is 12.5. The molecule has 1 aromatic heterocycles. The second-order valence-corrected chi connectivity index (χ2v) is 5.57. The molecule has 22 heavy (non-hydrogen) atoms. The van der Waals surface area contributed by atoms with Gasteiger partial charge in [0.25, 0.3) is 11.8 Å². The number of carbonyl (C=O) groups excluding carboxylic acids is 2. The summed E-state index contributed by atoms with van der Waals surface area (Å²) < 4.78 is 1.73. The van der Waals surface area contributed by atoms with Crippen molar-refractivity contribution in [2.45, 2.75) is 32.5 Å². The second kappa shape index (κ2) is 5.63. The van der Waals surface area contributed by atoms with Crippen LogP contribution in [-0.2, 0) is 6.54 Å². The molecule has 2 amide bonds. The van der Waals surface area contributed by atoms with Crippen LogP contribution in [0.15, 0.2) is 36.7 Å². The van der Waals surface area contributed by atoms with Crippen molar-refractivity contribution in [3.05, 3.63) is 53.6 Å². The molecule has 0 unspecified atom stereocenters. The van der Waals surface area contributed by atoms with Crippen molar-refractivity contribution in [2.75, 3.05) is 0 Å². The maximum atomic E-state index is 12.4. The van der Waals surface area contributed by atoms with Crippen molar-refractivity contribution < 1.29 is 9.59 Å². The van der Waals surface area contributed by atoms with Crippen LogP contribution in [0.4, 0.5) is 0 Å². The molecule has 0 bridgehead atoms. The van der Waals surface area contributed by atoms with E-state index in [1.54, 1.807) is 10.9 Å². The highest BCUT2D eigenvalue weighted by molar-refractivity contribution is 6.05. The number of amides is 2. The van der Waals surface area contributed by atoms with E-state index >= 15 is 0 Å². The minimum absolute atomic E-state index is 0.0355. The van der Waals surface area contributed by atoms with Crippen LogP contribution in [0.2, 0.25) is 0 Å². The molecular formula is C16H18N4O2. The lowest BCUT2D eigenvalue weighted by Gasteiger charge is -2.22. The molecule has 0 spiro atoms. The first kappa shape index (κ1) is 14.3. The average Bonchev–Trinajstić information content (AvgIpc) is 2.92. The Morgan fingerprint density at radius 2 is 2.14 bits per heavy atom. The van der Waals surface area contributed by atoms with Gasteiger partial charge in [0.1, 0.15) is 5.69 Å². The number of imidazole rings is 1. The number of benzene rings is 1. The lowest BCUT2D eigenvalue weighted by atomic mass is 10.1. The summed E-state index contributed by atoms with van der Waals surface area (Å²) >= 11 is 0. The molecule has 2 aromatic rings. The summed E-state index contributed by atoms with van der Waals surface area (Å²) in [6.07, 6.45) is 1.55. The Morgan fingerprint density at radius 3 is 2.86 bits per heavy atom. The van der Waals surface area contributed by atoms with Crippen molar-refractivity contribution in [3.8, 4) is 0 Å². The quantitative estimate of drug-likeness (QED) is 0.901. The SMILES string of the molecule is C[C@H](NC(=O)c1ncn2c1C(=O)N[C@@H](C)C2)c1ccccc1. The highest BCUT2D eigenvalue weighted by atomic mass is 16.2. The van der Waals surface area contributed by atoms with Gasteiger partial charge in [-0.05, 0) is 19.4 Å². The molecule has 0 fully saturated rings. The van der Waals surface area contributed by atoms with Crippen LogP contribution in [0.5, 0.6) is 0 Å². The molecular weight excluding hydrogens is 280 g/mol. The minimum Gasteiger partial charge on any atom is -0.346 e. The molecule has 0 radical (unpaired) electrons. The van der Waals surface area contributed by atoms with E-state index in [0.717, 1.165) is 5.56 Å². The molecule has 1 aliphatic rings. The Hall–Kier alpha value is -2.63. The first-order valence-corrected chi connectivity index (χ1v) is 7.28. The van der Waals surface area contributed by atoms with Crippen molar-refractivity contribution >= 4 is 11.8 Å². The van der Waals surface area contributed by atoms with Gasteiger partial charge in [-0.2, -0.15) is 0 Å². The van der Waals surface area contributed by atoms with Gasteiger partial charge < -0.3 is 15.2 Å². The zero-order chi connectivity index (χ0) is 15.7. The van der Waals surface area contributed by atoms with Crippen LogP contribution in [0, 0.1) is 0 Å². The Bertz CT molecular complexity index is 708. The van der Waals surface area contributed by atoms with Crippen LogP contribution in [0.3, 0.4) is 0 Å². The standard InChI is InChI=1S/C16H18N4O2/c1-10-8-20-9-17-13(14(20)16(22)18-10)15(21)19-11(2)12-6-4-3-5-7-12/h3-7,9-11H,8H2,1-2H3,(H,18,22)(H,19,21)/t10-,11-/m0/s1. The number of rotatable bonds is 3. The molecule has 3 rings (SSSR count). The van der Waals surface area contributed by atoms with Crippen molar-refractivity contribution in [2.24, 2.45) is 0 Å². The van der Waals surface area contributed by atoms with Gasteiger partial charge in [0.15, 0.2) is 5.69 Å². The summed E-state index contributed by atoms with van der Waals surface area (Å²) in [5.41, 5.74) is 1.50. The number of nitrogens with zero attached hydrogens (tertiary/aromatic N) is 2. The number of fused-ring (bicyclic) bond motifs is 1. The van der Waals surface area contributed by atoms with Gasteiger partial charge in [-0.25, -0.2) is 4.98 Å². The third kappa shape index (κ3) is 2.59. The maximum absolute atomic E-state index is 12.4. The van der Waals surface area contributed by atoms with Gasteiger partial charge in [-0.1, -0.05) is 30.3 Å². The van der Waals surface area contributed by atoms with Gasteiger partial charge in [0.05, 0.1) is 12.4 Å². The number of nitrogens with one attached hydrogen (secondary N) is 2. The number of aromatic nitrogens is 2. The van der Waals surface area contributed by atoms with Crippen molar-refractivity contribution in [1.29, 1.82) is 0 Å². The predicted molar refractivity (Wildman–Crippen MR) is 81.5 cm³/mol. The minimum atomic E-state index is -0.338. The summed E-state index contributed by atoms with van der Waals surface area (Å²) in [7, 11) is 0. The van der Waals surface area contributed by atoms with Gasteiger partial charge in [0.2, 0.25) is 0 Å². The fraction of sp³-hybridized carbons (Fsp3) is 0.312. The Morgan fingerprint density at radius 1 is 1.41 bits per heavy atom. The van der Waals surface area contributed by atoms with Gasteiger partial charge >= 0.3 is 0 Å². The highest BCUT2D eigenvalue weighted by Gasteiger charge is 2.29. The topological polar surface area (TPSA) is 76.0 Å². The van der Waals surface area contributed by atoms with E-state index in [4.69, 9.17) is 0 Å². The van der Waals surface area contributed by atoms with Crippen LogP contribution in [0.25, 0.3) is 0 Å². The summed E-state index contributed by atoms with van der Waals surface area (Å²) in [4.78, 5) is 28.6. The van der Waals surface area contributed by atoms with E-state index in [0.29, 0.717) is 12.2 Å². The number of hydrogen-bond acceptors (Lipinski definition) is 3. The van der Waals surface area contributed by atoms with E-state index in [-0.39, 0.29) is 29.6 Å². The monoisotopic (exact) mass is 298 g/mol. The lowest BCUT2D eigenvalue weighted by molar-refractivity contribution is 0.0879. The molecule has 6 nitrogen and oxygen atoms in total. The highest BCUT2D eigenvalue weighted by Crippen LogP contribution is 2.16. The van der Waals surface area contributed by atoms with E-state index in [2.05, 4.69) is 15.6 Å². The van der Waals surface area contributed by atoms with Crippen LogP contribution in [0.1, 0.15) is 46.4 Å². The van der Waals surface area contributed by atoms with Gasteiger partial charge in [-0.15, -0.1) is 0 Å². The molecule has 0 saturated heterocycles. The van der Waals surface area contributed by atoms with Gasteiger partial charge in [-0.3, -0.25) is 9.59 Å². The molecule has 2 atom stereocenters. The average molecular weight is 298 g/mol. The molecule has 2 heterocycles. The Balaban J connectivity index is 1.81. The Kier molecular flexibility index (Phi) is 3.66. The summed E-state index contributed by atoms with van der Waals surface area (Å²) in [6.45, 7) is 4.44. The van der Waals surface area contributed by atoms with E-state index in [9.17, 15) is 9.59 Å². The molecule has 2 N–H and O–H groups in total. The van der Waals surface area contributed by atoms with Crippen molar-refractivity contribution in [3.63, 3.8) is 0 Å². The molecule has 0 saturated carbocycles. The largest absolute Gasteiger partial charge is 0.346 e. The fourth-order valence-electron chi connectivity index (χ4n) is 2.65. The maximum Gasteiger partial charge on any atom is 0.272 e. The van der Waals surface area contributed by atoms with Crippen molar-refractivity contribution in [1.82, 2.24) is 20.2 Å². The predicted octanol–water partition coefficient (Wildman–Crippen LogP) is 1.51.